The lowest BCUT2D eigenvalue weighted by Gasteiger charge is -2.20. The second-order valence-electron chi connectivity index (χ2n) is 8.00. The molecule has 35 heavy (non-hydrogen) atoms. The van der Waals surface area contributed by atoms with Crippen LogP contribution in [-0.4, -0.2) is 36.2 Å². The minimum atomic E-state index is -0.895. The predicted molar refractivity (Wildman–Crippen MR) is 132 cm³/mol. The molecule has 3 aromatic carbocycles. The molecule has 0 aliphatic heterocycles. The molecule has 4 amide bonds. The molecule has 8 nitrogen and oxygen atoms in total. The van der Waals surface area contributed by atoms with E-state index >= 15 is 0 Å². The van der Waals surface area contributed by atoms with Gasteiger partial charge in [-0.05, 0) is 23.3 Å². The van der Waals surface area contributed by atoms with Crippen LogP contribution in [0.3, 0.4) is 0 Å². The van der Waals surface area contributed by atoms with Crippen molar-refractivity contribution in [2.45, 2.75) is 24.9 Å². The predicted octanol–water partition coefficient (Wildman–Crippen LogP) is 1.88. The average Bonchev–Trinajstić information content (AvgIpc) is 2.88. The standard InChI is InChI=1S/C27H28N4O4/c28-24(32)17-22(20-12-6-2-7-13-20)30-25(33)18-29-27(35)23(16-19-10-4-1-5-11-19)31-26(34)21-14-8-3-9-15-21/h1-15,22-23H,16-18H2,(H2,28,32)(H,29,35)(H,30,33)(H,31,34)/t22?,23-/m0/s1. The van der Waals surface area contributed by atoms with Crippen molar-refractivity contribution >= 4 is 23.6 Å². The molecule has 0 radical (unpaired) electrons. The quantitative estimate of drug-likeness (QED) is 0.339. The molecule has 0 saturated carbocycles. The van der Waals surface area contributed by atoms with Crippen LogP contribution in [0.4, 0.5) is 0 Å². The summed E-state index contributed by atoms with van der Waals surface area (Å²) < 4.78 is 0. The largest absolute Gasteiger partial charge is 0.370 e. The van der Waals surface area contributed by atoms with E-state index < -0.39 is 35.7 Å². The highest BCUT2D eigenvalue weighted by atomic mass is 16.2. The van der Waals surface area contributed by atoms with Crippen molar-refractivity contribution in [3.8, 4) is 0 Å². The zero-order valence-corrected chi connectivity index (χ0v) is 19.1. The molecule has 1 unspecified atom stereocenters. The molecule has 0 fully saturated rings. The Morgan fingerprint density at radius 1 is 0.743 bits per heavy atom. The van der Waals surface area contributed by atoms with E-state index in [1.165, 1.54) is 0 Å². The van der Waals surface area contributed by atoms with Crippen LogP contribution >= 0.6 is 0 Å². The fraction of sp³-hybridized carbons (Fsp3) is 0.185. The van der Waals surface area contributed by atoms with Crippen LogP contribution in [0.5, 0.6) is 0 Å². The van der Waals surface area contributed by atoms with Crippen LogP contribution in [0.2, 0.25) is 0 Å². The Morgan fingerprint density at radius 3 is 1.91 bits per heavy atom. The van der Waals surface area contributed by atoms with Gasteiger partial charge in [0, 0.05) is 12.0 Å². The van der Waals surface area contributed by atoms with Crippen molar-refractivity contribution in [1.29, 1.82) is 0 Å². The van der Waals surface area contributed by atoms with Crippen LogP contribution < -0.4 is 21.7 Å². The summed E-state index contributed by atoms with van der Waals surface area (Å²) in [4.78, 5) is 49.7. The molecule has 0 saturated heterocycles. The number of carbonyl (C=O) groups is 4. The van der Waals surface area contributed by atoms with E-state index in [-0.39, 0.29) is 19.4 Å². The summed E-state index contributed by atoms with van der Waals surface area (Å²) in [5, 5.41) is 8.08. The fourth-order valence-electron chi connectivity index (χ4n) is 3.56. The number of hydrogen-bond acceptors (Lipinski definition) is 4. The van der Waals surface area contributed by atoms with Gasteiger partial charge in [0.25, 0.3) is 5.91 Å². The van der Waals surface area contributed by atoms with Gasteiger partial charge >= 0.3 is 0 Å². The Bertz CT molecular complexity index is 1140. The molecule has 0 bridgehead atoms. The second kappa shape index (κ2) is 12.7. The minimum absolute atomic E-state index is 0.0759. The lowest BCUT2D eigenvalue weighted by atomic mass is 10.0. The van der Waals surface area contributed by atoms with E-state index in [9.17, 15) is 19.2 Å². The molecule has 3 rings (SSSR count). The topological polar surface area (TPSA) is 130 Å². The number of amides is 4. The molecule has 0 heterocycles. The van der Waals surface area contributed by atoms with Gasteiger partial charge in [0.2, 0.25) is 17.7 Å². The summed E-state index contributed by atoms with van der Waals surface area (Å²) in [5.41, 5.74) is 7.34. The van der Waals surface area contributed by atoms with Crippen molar-refractivity contribution < 1.29 is 19.2 Å². The third-order valence-corrected chi connectivity index (χ3v) is 5.31. The molecule has 8 heteroatoms. The molecule has 5 N–H and O–H groups in total. The van der Waals surface area contributed by atoms with Crippen molar-refractivity contribution in [3.05, 3.63) is 108 Å². The Balaban J connectivity index is 1.65. The van der Waals surface area contributed by atoms with Crippen molar-refractivity contribution in [2.75, 3.05) is 6.54 Å². The van der Waals surface area contributed by atoms with E-state index in [4.69, 9.17) is 5.73 Å². The number of rotatable bonds is 11. The summed E-state index contributed by atoms with van der Waals surface area (Å²) in [6.45, 7) is -0.326. The van der Waals surface area contributed by atoms with Crippen LogP contribution in [0.1, 0.15) is 33.9 Å². The summed E-state index contributed by atoms with van der Waals surface area (Å²) in [5.74, 6) is -1.94. The molecule has 0 spiro atoms. The summed E-state index contributed by atoms with van der Waals surface area (Å²) in [7, 11) is 0. The molecule has 180 valence electrons. The van der Waals surface area contributed by atoms with Crippen molar-refractivity contribution in [3.63, 3.8) is 0 Å². The maximum atomic E-state index is 13.0. The van der Waals surface area contributed by atoms with Gasteiger partial charge in [0.15, 0.2) is 0 Å². The van der Waals surface area contributed by atoms with Crippen LogP contribution in [0.25, 0.3) is 0 Å². The van der Waals surface area contributed by atoms with E-state index in [1.807, 2.05) is 36.4 Å². The maximum Gasteiger partial charge on any atom is 0.251 e. The van der Waals surface area contributed by atoms with Gasteiger partial charge in [0.05, 0.1) is 19.0 Å². The molecule has 2 atom stereocenters. The first-order chi connectivity index (χ1) is 16.9. The smallest absolute Gasteiger partial charge is 0.251 e. The van der Waals surface area contributed by atoms with Gasteiger partial charge in [-0.1, -0.05) is 78.9 Å². The van der Waals surface area contributed by atoms with E-state index in [1.54, 1.807) is 54.6 Å². The molecule has 0 aromatic heterocycles. The lowest BCUT2D eigenvalue weighted by molar-refractivity contribution is -0.127. The Hall–Kier alpha value is -4.46. The monoisotopic (exact) mass is 472 g/mol. The van der Waals surface area contributed by atoms with Gasteiger partial charge < -0.3 is 21.7 Å². The summed E-state index contributed by atoms with van der Waals surface area (Å²) in [6, 6.07) is 25.3. The molecule has 0 aliphatic carbocycles. The third kappa shape index (κ3) is 8.12. The Kier molecular flexibility index (Phi) is 9.13. The van der Waals surface area contributed by atoms with Gasteiger partial charge in [-0.3, -0.25) is 19.2 Å². The highest BCUT2D eigenvalue weighted by Crippen LogP contribution is 2.16. The zero-order chi connectivity index (χ0) is 25.0. The van der Waals surface area contributed by atoms with Gasteiger partial charge in [-0.25, -0.2) is 0 Å². The van der Waals surface area contributed by atoms with Gasteiger partial charge in [0.1, 0.15) is 6.04 Å². The first-order valence-corrected chi connectivity index (χ1v) is 11.2. The highest BCUT2D eigenvalue weighted by molar-refractivity contribution is 5.98. The summed E-state index contributed by atoms with van der Waals surface area (Å²) >= 11 is 0. The Morgan fingerprint density at radius 2 is 1.31 bits per heavy atom. The molecule has 0 aliphatic rings. The highest BCUT2D eigenvalue weighted by Gasteiger charge is 2.23. The van der Waals surface area contributed by atoms with Crippen LogP contribution in [0, 0.1) is 0 Å². The van der Waals surface area contributed by atoms with Crippen molar-refractivity contribution in [2.24, 2.45) is 5.73 Å². The molecule has 3 aromatic rings. The number of hydrogen-bond donors (Lipinski definition) is 4. The summed E-state index contributed by atoms with van der Waals surface area (Å²) in [6.07, 6.45) is 0.175. The third-order valence-electron chi connectivity index (χ3n) is 5.31. The molecular weight excluding hydrogens is 444 g/mol. The first-order valence-electron chi connectivity index (χ1n) is 11.2. The Labute approximate surface area is 203 Å². The van der Waals surface area contributed by atoms with E-state index in [0.717, 1.165) is 11.1 Å². The SMILES string of the molecule is NC(=O)CC(NC(=O)CNC(=O)[C@H](Cc1ccccc1)NC(=O)c1ccccc1)c1ccccc1. The zero-order valence-electron chi connectivity index (χ0n) is 19.1. The number of nitrogens with two attached hydrogens (primary N) is 1. The van der Waals surface area contributed by atoms with Crippen LogP contribution in [-0.2, 0) is 20.8 Å². The van der Waals surface area contributed by atoms with Gasteiger partial charge in [-0.2, -0.15) is 0 Å². The number of benzene rings is 3. The average molecular weight is 473 g/mol. The van der Waals surface area contributed by atoms with E-state index in [2.05, 4.69) is 16.0 Å². The fourth-order valence-corrected chi connectivity index (χ4v) is 3.56. The van der Waals surface area contributed by atoms with E-state index in [0.29, 0.717) is 5.56 Å². The van der Waals surface area contributed by atoms with Gasteiger partial charge in [-0.15, -0.1) is 0 Å². The van der Waals surface area contributed by atoms with Crippen LogP contribution in [0.15, 0.2) is 91.0 Å². The number of nitrogens with one attached hydrogen (secondary N) is 3. The number of primary amides is 1. The normalized spacial score (nSPS) is 12.1. The minimum Gasteiger partial charge on any atom is -0.370 e. The molecular formula is C27H28N4O4. The van der Waals surface area contributed by atoms with Crippen molar-refractivity contribution in [1.82, 2.24) is 16.0 Å². The second-order valence-corrected chi connectivity index (χ2v) is 8.00. The maximum absolute atomic E-state index is 13.0. The first kappa shape index (κ1) is 25.2. The number of carbonyl (C=O) groups excluding carboxylic acids is 4. The lowest BCUT2D eigenvalue weighted by Crippen LogP contribution is -2.50.